The average Bonchev–Trinajstić information content (AvgIpc) is 3.47. The summed E-state index contributed by atoms with van der Waals surface area (Å²) in [4.78, 5) is 21.7. The van der Waals surface area contributed by atoms with Gasteiger partial charge < -0.3 is 14.4 Å². The second-order valence-electron chi connectivity index (χ2n) is 10.9. The highest BCUT2D eigenvalue weighted by molar-refractivity contribution is 5.77. The van der Waals surface area contributed by atoms with Gasteiger partial charge in [0.25, 0.3) is 0 Å². The number of hydrogen-bond donors (Lipinski definition) is 0. The minimum atomic E-state index is -4.43. The largest absolute Gasteiger partial charge is 0.496 e. The Kier molecular flexibility index (Phi) is 8.52. The van der Waals surface area contributed by atoms with Crippen molar-refractivity contribution >= 4 is 11.9 Å². The van der Waals surface area contributed by atoms with Crippen molar-refractivity contribution < 1.29 is 31.8 Å². The summed E-state index contributed by atoms with van der Waals surface area (Å²) >= 11 is 0. The number of hydrogen-bond acceptors (Lipinski definition) is 5. The summed E-state index contributed by atoms with van der Waals surface area (Å²) in [5.74, 6) is 0.598. The van der Waals surface area contributed by atoms with E-state index in [-0.39, 0.29) is 23.9 Å². The number of cyclic esters (lactones) is 1. The van der Waals surface area contributed by atoms with E-state index in [2.05, 4.69) is 6.58 Å². The molecule has 3 atom stereocenters. The Hall–Kier alpha value is -3.82. The molecule has 0 bridgehead atoms. The first-order valence-corrected chi connectivity index (χ1v) is 13.4. The van der Waals surface area contributed by atoms with Crippen LogP contribution in [-0.4, -0.2) is 55.5 Å². The molecule has 2 aromatic rings. The molecule has 3 unspecified atom stereocenters. The first kappa shape index (κ1) is 30.1. The molecule has 0 aliphatic carbocycles. The number of fused-ring (bicyclic) bond motifs is 1. The lowest BCUT2D eigenvalue weighted by molar-refractivity contribution is -0.0798. The van der Waals surface area contributed by atoms with Crippen LogP contribution in [0.2, 0.25) is 0 Å². The predicted octanol–water partition coefficient (Wildman–Crippen LogP) is 7.73. The molecule has 1 amide bonds. The van der Waals surface area contributed by atoms with Gasteiger partial charge >= 0.3 is 12.3 Å². The van der Waals surface area contributed by atoms with Gasteiger partial charge in [-0.3, -0.25) is 4.90 Å². The standard InChI is InChI=1S/C31H35F4N3O3/c1-17(2)21-15-22(26(40-7)16-23(21)32)20-8-11-27(37(5)6)36-28(20)24-9-10-25-29(41-30(39)38(24)25)19(4)14-18(3)12-13-31(33,34)35/h8,11-17,24-25,29H,4,9-10H2,1-3,5-7H3. The Balaban J connectivity index is 1.74. The first-order valence-electron chi connectivity index (χ1n) is 13.4. The maximum absolute atomic E-state index is 14.9. The van der Waals surface area contributed by atoms with E-state index in [0.717, 1.165) is 6.08 Å². The van der Waals surface area contributed by atoms with E-state index in [9.17, 15) is 22.4 Å². The van der Waals surface area contributed by atoms with Crippen molar-refractivity contribution in [3.8, 4) is 16.9 Å². The molecule has 6 nitrogen and oxygen atoms in total. The van der Waals surface area contributed by atoms with Crippen molar-refractivity contribution in [3.63, 3.8) is 0 Å². The number of ether oxygens (including phenoxy) is 2. The zero-order valence-electron chi connectivity index (χ0n) is 24.1. The third-order valence-corrected chi connectivity index (χ3v) is 7.45. The number of nitrogens with zero attached hydrogens (tertiary/aromatic N) is 3. The third-order valence-electron chi connectivity index (χ3n) is 7.45. The highest BCUT2D eigenvalue weighted by atomic mass is 19.4. The number of aromatic nitrogens is 1. The number of methoxy groups -OCH3 is 1. The smallest absolute Gasteiger partial charge is 0.411 e. The van der Waals surface area contributed by atoms with Gasteiger partial charge in [0.2, 0.25) is 0 Å². The number of carbonyl (C=O) groups excluding carboxylic acids is 1. The minimum absolute atomic E-state index is 0.0733. The molecule has 0 radical (unpaired) electrons. The van der Waals surface area contributed by atoms with Gasteiger partial charge in [0.15, 0.2) is 0 Å². The Morgan fingerprint density at radius 3 is 2.54 bits per heavy atom. The summed E-state index contributed by atoms with van der Waals surface area (Å²) in [7, 11) is 5.21. The first-order chi connectivity index (χ1) is 19.2. The SMILES string of the molecule is C=C(C=C(C)C=CC(F)(F)F)C1OC(=O)N2C(c3nc(N(C)C)ccc3-c3cc(C(C)C)c(F)cc3OC)CCC12. The van der Waals surface area contributed by atoms with E-state index >= 15 is 0 Å². The Morgan fingerprint density at radius 1 is 1.22 bits per heavy atom. The lowest BCUT2D eigenvalue weighted by Gasteiger charge is -2.26. The van der Waals surface area contributed by atoms with E-state index in [1.165, 1.54) is 26.2 Å². The highest BCUT2D eigenvalue weighted by Gasteiger charge is 2.51. The number of alkyl halides is 3. The molecule has 4 rings (SSSR count). The van der Waals surface area contributed by atoms with Gasteiger partial charge in [-0.05, 0) is 55.0 Å². The van der Waals surface area contributed by atoms with Crippen LogP contribution in [-0.2, 0) is 4.74 Å². The predicted molar refractivity (Wildman–Crippen MR) is 151 cm³/mol. The van der Waals surface area contributed by atoms with Gasteiger partial charge in [-0.1, -0.05) is 38.2 Å². The highest BCUT2D eigenvalue weighted by Crippen LogP contribution is 2.47. The quantitative estimate of drug-likeness (QED) is 0.239. The molecule has 1 aromatic heterocycles. The number of rotatable bonds is 8. The normalized spacial score (nSPS) is 21.0. The van der Waals surface area contributed by atoms with E-state index in [1.54, 1.807) is 11.0 Å². The van der Waals surface area contributed by atoms with Gasteiger partial charge in [0.05, 0.1) is 24.9 Å². The monoisotopic (exact) mass is 573 g/mol. The second kappa shape index (κ2) is 11.6. The van der Waals surface area contributed by atoms with Crippen molar-refractivity contribution in [1.29, 1.82) is 0 Å². The van der Waals surface area contributed by atoms with Crippen molar-refractivity contribution in [2.75, 3.05) is 26.1 Å². The summed E-state index contributed by atoms with van der Waals surface area (Å²) in [6.07, 6.45) is -1.91. The van der Waals surface area contributed by atoms with Gasteiger partial charge in [0.1, 0.15) is 23.5 Å². The topological polar surface area (TPSA) is 54.9 Å². The number of anilines is 1. The second-order valence-corrected chi connectivity index (χ2v) is 10.9. The molecule has 3 heterocycles. The van der Waals surface area contributed by atoms with Gasteiger partial charge in [-0.25, -0.2) is 14.2 Å². The molecule has 2 fully saturated rings. The molecule has 2 saturated heterocycles. The molecule has 0 saturated carbocycles. The summed E-state index contributed by atoms with van der Waals surface area (Å²) in [5.41, 5.74) is 3.28. The number of amides is 1. The van der Waals surface area contributed by atoms with Crippen molar-refractivity contribution in [1.82, 2.24) is 9.88 Å². The van der Waals surface area contributed by atoms with Gasteiger partial charge in [-0.15, -0.1) is 0 Å². The van der Waals surface area contributed by atoms with Crippen LogP contribution in [0.1, 0.15) is 56.8 Å². The number of pyridine rings is 1. The van der Waals surface area contributed by atoms with Crippen LogP contribution in [0, 0.1) is 5.82 Å². The van der Waals surface area contributed by atoms with Crippen LogP contribution in [0.4, 0.5) is 28.2 Å². The maximum atomic E-state index is 14.9. The molecular weight excluding hydrogens is 538 g/mol. The molecule has 10 heteroatoms. The van der Waals surface area contributed by atoms with Gasteiger partial charge in [0, 0.05) is 37.4 Å². The van der Waals surface area contributed by atoms with Crippen LogP contribution < -0.4 is 9.64 Å². The Bertz CT molecular complexity index is 1400. The Morgan fingerprint density at radius 2 is 1.93 bits per heavy atom. The van der Waals surface area contributed by atoms with E-state index in [1.807, 2.05) is 45.0 Å². The third kappa shape index (κ3) is 6.26. The zero-order valence-corrected chi connectivity index (χ0v) is 24.1. The summed E-state index contributed by atoms with van der Waals surface area (Å²) in [5, 5.41) is 0. The summed E-state index contributed by atoms with van der Waals surface area (Å²) < 4.78 is 63.9. The van der Waals surface area contributed by atoms with Crippen molar-refractivity contribution in [2.45, 2.75) is 63.9 Å². The molecule has 0 spiro atoms. The minimum Gasteiger partial charge on any atom is -0.496 e. The fourth-order valence-electron chi connectivity index (χ4n) is 5.47. The average molecular weight is 574 g/mol. The molecular formula is C31H35F4N3O3. The number of halogens is 4. The van der Waals surface area contributed by atoms with Crippen molar-refractivity contribution in [2.24, 2.45) is 0 Å². The Labute approximate surface area is 237 Å². The van der Waals surface area contributed by atoms with Crippen molar-refractivity contribution in [3.05, 3.63) is 77.3 Å². The lowest BCUT2D eigenvalue weighted by atomic mass is 9.93. The summed E-state index contributed by atoms with van der Waals surface area (Å²) in [6.45, 7) is 9.35. The van der Waals surface area contributed by atoms with Crippen LogP contribution in [0.3, 0.4) is 0 Å². The van der Waals surface area contributed by atoms with Crippen LogP contribution in [0.5, 0.6) is 5.75 Å². The molecule has 2 aliphatic heterocycles. The maximum Gasteiger partial charge on any atom is 0.411 e. The fraction of sp³-hybridized carbons (Fsp3) is 0.419. The zero-order chi connectivity index (χ0) is 30.2. The van der Waals surface area contributed by atoms with Crippen LogP contribution in [0.15, 0.2) is 60.2 Å². The molecule has 1 aromatic carbocycles. The summed E-state index contributed by atoms with van der Waals surface area (Å²) in [6, 6.07) is 6.09. The van der Waals surface area contributed by atoms with Crippen LogP contribution >= 0.6 is 0 Å². The van der Waals surface area contributed by atoms with E-state index in [0.29, 0.717) is 57.9 Å². The van der Waals surface area contributed by atoms with Gasteiger partial charge in [-0.2, -0.15) is 13.2 Å². The molecule has 2 aliphatic rings. The number of benzene rings is 1. The van der Waals surface area contributed by atoms with Crippen LogP contribution in [0.25, 0.3) is 11.1 Å². The fourth-order valence-corrected chi connectivity index (χ4v) is 5.47. The number of carbonyl (C=O) groups is 1. The molecule has 41 heavy (non-hydrogen) atoms. The lowest BCUT2D eigenvalue weighted by Crippen LogP contribution is -2.33. The number of allylic oxidation sites excluding steroid dienone is 3. The van der Waals surface area contributed by atoms with E-state index in [4.69, 9.17) is 14.5 Å². The molecule has 220 valence electrons. The van der Waals surface area contributed by atoms with E-state index < -0.39 is 24.4 Å². The molecule has 0 N–H and O–H groups in total.